The number of piperidine rings is 1. The van der Waals surface area contributed by atoms with Gasteiger partial charge in [0.05, 0.1) is 17.3 Å². The van der Waals surface area contributed by atoms with Gasteiger partial charge in [0.15, 0.2) is 0 Å². The highest BCUT2D eigenvalue weighted by Crippen LogP contribution is 2.31. The fourth-order valence-corrected chi connectivity index (χ4v) is 5.09. The van der Waals surface area contributed by atoms with E-state index in [-0.39, 0.29) is 5.91 Å². The average molecular weight is 514 g/mol. The summed E-state index contributed by atoms with van der Waals surface area (Å²) in [6, 6.07) is 17.0. The van der Waals surface area contributed by atoms with E-state index in [0.29, 0.717) is 47.5 Å². The van der Waals surface area contributed by atoms with Gasteiger partial charge in [-0.2, -0.15) is 5.26 Å². The van der Waals surface area contributed by atoms with Crippen molar-refractivity contribution in [3.63, 3.8) is 0 Å². The van der Waals surface area contributed by atoms with Gasteiger partial charge in [0, 0.05) is 30.3 Å². The summed E-state index contributed by atoms with van der Waals surface area (Å²) in [6.07, 6.45) is 2.02. The number of alkyl halides is 1. The molecule has 2 aromatic carbocycles. The number of amides is 2. The lowest BCUT2D eigenvalue weighted by Crippen LogP contribution is -2.38. The van der Waals surface area contributed by atoms with E-state index >= 15 is 0 Å². The lowest BCUT2D eigenvalue weighted by molar-refractivity contribution is 0.0610. The molecule has 0 radical (unpaired) electrons. The van der Waals surface area contributed by atoms with Crippen LogP contribution in [-0.4, -0.2) is 47.2 Å². The second-order valence-electron chi connectivity index (χ2n) is 9.50. The molecule has 0 saturated carbocycles. The number of carbonyl (C=O) groups excluding carboxylic acids is 2. The predicted octanol–water partition coefficient (Wildman–Crippen LogP) is 6.60. The van der Waals surface area contributed by atoms with Crippen molar-refractivity contribution in [1.82, 2.24) is 4.90 Å². The topological polar surface area (TPSA) is 73.6 Å². The average Bonchev–Trinajstić information content (AvgIpc) is 2.85. The number of nitriles is 1. The standard InChI is InChI=1S/C27H32ClN3O3S/c1-27(2,3)34-26(33)31(35-17-5-14-28)24-7-4-6-23(18-24)25(32)30-15-12-22(13-16-30)21-10-8-20(19-29)9-11-21/h4,6-11,18,22H,5,12-17H2,1-3H3. The maximum absolute atomic E-state index is 13.3. The quantitative estimate of drug-likeness (QED) is 0.237. The summed E-state index contributed by atoms with van der Waals surface area (Å²) in [4.78, 5) is 28.0. The third-order valence-corrected chi connectivity index (χ3v) is 7.04. The van der Waals surface area contributed by atoms with Crippen LogP contribution in [-0.2, 0) is 4.74 Å². The van der Waals surface area contributed by atoms with E-state index in [9.17, 15) is 9.59 Å². The van der Waals surface area contributed by atoms with Crippen LogP contribution >= 0.6 is 23.5 Å². The zero-order valence-corrected chi connectivity index (χ0v) is 22.1. The van der Waals surface area contributed by atoms with Crippen molar-refractivity contribution in [1.29, 1.82) is 5.26 Å². The third kappa shape index (κ3) is 7.65. The zero-order valence-electron chi connectivity index (χ0n) is 20.5. The minimum atomic E-state index is -0.630. The Kier molecular flexibility index (Phi) is 9.47. The number of ether oxygens (including phenoxy) is 1. The third-order valence-electron chi connectivity index (χ3n) is 5.68. The van der Waals surface area contributed by atoms with Gasteiger partial charge in [-0.25, -0.2) is 9.10 Å². The number of hydrogen-bond donors (Lipinski definition) is 0. The Morgan fingerprint density at radius 3 is 2.46 bits per heavy atom. The number of benzene rings is 2. The number of likely N-dealkylation sites (tertiary alicyclic amines) is 1. The van der Waals surface area contributed by atoms with E-state index in [0.717, 1.165) is 19.3 Å². The Bertz CT molecular complexity index is 1050. The maximum atomic E-state index is 13.3. The molecule has 186 valence electrons. The van der Waals surface area contributed by atoms with Crippen LogP contribution in [0.4, 0.5) is 10.5 Å². The minimum Gasteiger partial charge on any atom is -0.443 e. The van der Waals surface area contributed by atoms with Gasteiger partial charge >= 0.3 is 6.09 Å². The summed E-state index contributed by atoms with van der Waals surface area (Å²) >= 11 is 7.16. The van der Waals surface area contributed by atoms with E-state index < -0.39 is 11.7 Å². The molecule has 3 rings (SSSR count). The van der Waals surface area contributed by atoms with Gasteiger partial charge in [-0.05, 0) is 93.8 Å². The van der Waals surface area contributed by atoms with E-state index in [4.69, 9.17) is 21.6 Å². The molecule has 2 aromatic rings. The van der Waals surface area contributed by atoms with Gasteiger partial charge in [-0.15, -0.1) is 11.6 Å². The molecule has 0 N–H and O–H groups in total. The van der Waals surface area contributed by atoms with Crippen LogP contribution in [0.15, 0.2) is 48.5 Å². The normalized spacial score (nSPS) is 14.3. The van der Waals surface area contributed by atoms with E-state index in [1.165, 1.54) is 21.8 Å². The molecule has 0 atom stereocenters. The molecule has 1 saturated heterocycles. The lowest BCUT2D eigenvalue weighted by atomic mass is 9.89. The number of rotatable bonds is 7. The molecule has 6 nitrogen and oxygen atoms in total. The van der Waals surface area contributed by atoms with Gasteiger partial charge in [0.2, 0.25) is 0 Å². The van der Waals surface area contributed by atoms with Crippen LogP contribution in [0.1, 0.15) is 67.4 Å². The van der Waals surface area contributed by atoms with Crippen molar-refractivity contribution in [2.24, 2.45) is 0 Å². The SMILES string of the molecule is CC(C)(C)OC(=O)N(SCCCCl)c1cccc(C(=O)N2CCC(c3ccc(C#N)cc3)CC2)c1. The van der Waals surface area contributed by atoms with Gasteiger partial charge in [0.25, 0.3) is 5.91 Å². The monoisotopic (exact) mass is 513 g/mol. The van der Waals surface area contributed by atoms with Gasteiger partial charge in [-0.3, -0.25) is 4.79 Å². The second kappa shape index (κ2) is 12.3. The van der Waals surface area contributed by atoms with Crippen LogP contribution in [0.2, 0.25) is 0 Å². The fourth-order valence-electron chi connectivity index (χ4n) is 3.94. The highest BCUT2D eigenvalue weighted by atomic mass is 35.5. The maximum Gasteiger partial charge on any atom is 0.425 e. The molecule has 1 heterocycles. The molecule has 0 unspecified atom stereocenters. The molecule has 1 aliphatic heterocycles. The van der Waals surface area contributed by atoms with Crippen molar-refractivity contribution >= 4 is 41.2 Å². The van der Waals surface area contributed by atoms with Crippen LogP contribution in [0, 0.1) is 11.3 Å². The van der Waals surface area contributed by atoms with E-state index in [1.807, 2.05) is 56.0 Å². The zero-order chi connectivity index (χ0) is 25.4. The van der Waals surface area contributed by atoms with Crippen LogP contribution in [0.3, 0.4) is 0 Å². The first-order valence-corrected chi connectivity index (χ1v) is 13.3. The molecular formula is C27H32ClN3O3S. The van der Waals surface area contributed by atoms with E-state index in [1.54, 1.807) is 18.2 Å². The summed E-state index contributed by atoms with van der Waals surface area (Å²) in [5.41, 5.74) is 2.39. The molecule has 8 heteroatoms. The molecule has 1 fully saturated rings. The Hall–Kier alpha value is -2.69. The van der Waals surface area contributed by atoms with Gasteiger partial charge in [-0.1, -0.05) is 18.2 Å². The molecule has 1 aliphatic rings. The van der Waals surface area contributed by atoms with Crippen molar-refractivity contribution in [3.8, 4) is 6.07 Å². The Labute approximate surface area is 217 Å². The molecule has 2 amide bonds. The Morgan fingerprint density at radius 1 is 1.17 bits per heavy atom. The Balaban J connectivity index is 1.69. The number of halogens is 1. The molecule has 0 bridgehead atoms. The highest BCUT2D eigenvalue weighted by Gasteiger charge is 2.27. The molecular weight excluding hydrogens is 482 g/mol. The number of nitrogens with zero attached hydrogens (tertiary/aromatic N) is 3. The first-order valence-electron chi connectivity index (χ1n) is 11.8. The smallest absolute Gasteiger partial charge is 0.425 e. The van der Waals surface area contributed by atoms with Gasteiger partial charge < -0.3 is 9.64 Å². The summed E-state index contributed by atoms with van der Waals surface area (Å²) in [5, 5.41) is 9.00. The summed E-state index contributed by atoms with van der Waals surface area (Å²) in [7, 11) is 0. The molecule has 0 aliphatic carbocycles. The number of carbonyl (C=O) groups is 2. The number of hydrogen-bond acceptors (Lipinski definition) is 5. The summed E-state index contributed by atoms with van der Waals surface area (Å²) in [6.45, 7) is 6.80. The molecule has 0 spiro atoms. The minimum absolute atomic E-state index is 0.0416. The molecule has 35 heavy (non-hydrogen) atoms. The Morgan fingerprint density at radius 2 is 1.86 bits per heavy atom. The highest BCUT2D eigenvalue weighted by molar-refractivity contribution is 8.01. The van der Waals surface area contributed by atoms with Crippen LogP contribution in [0.5, 0.6) is 0 Å². The lowest BCUT2D eigenvalue weighted by Gasteiger charge is -2.32. The predicted molar refractivity (Wildman–Crippen MR) is 142 cm³/mol. The summed E-state index contributed by atoms with van der Waals surface area (Å²) in [5.74, 6) is 1.50. The van der Waals surface area contributed by atoms with Crippen molar-refractivity contribution in [3.05, 3.63) is 65.2 Å². The van der Waals surface area contributed by atoms with Crippen molar-refractivity contribution in [2.75, 3.05) is 29.0 Å². The fraction of sp³-hybridized carbons (Fsp3) is 0.444. The summed E-state index contributed by atoms with van der Waals surface area (Å²) < 4.78 is 7.10. The first kappa shape index (κ1) is 26.9. The van der Waals surface area contributed by atoms with Crippen LogP contribution in [0.25, 0.3) is 0 Å². The van der Waals surface area contributed by atoms with E-state index in [2.05, 4.69) is 6.07 Å². The largest absolute Gasteiger partial charge is 0.443 e. The van der Waals surface area contributed by atoms with Crippen LogP contribution < -0.4 is 4.31 Å². The first-order chi connectivity index (χ1) is 16.7. The molecule has 0 aromatic heterocycles. The van der Waals surface area contributed by atoms with Crippen molar-refractivity contribution in [2.45, 2.75) is 51.6 Å². The second-order valence-corrected chi connectivity index (χ2v) is 10.9. The van der Waals surface area contributed by atoms with Crippen molar-refractivity contribution < 1.29 is 14.3 Å². The van der Waals surface area contributed by atoms with Gasteiger partial charge in [0.1, 0.15) is 5.60 Å². The number of anilines is 1.